The molecule has 2 heterocycles. The van der Waals surface area contributed by atoms with Crippen LogP contribution >= 0.6 is 0 Å². The van der Waals surface area contributed by atoms with Crippen molar-refractivity contribution in [2.24, 2.45) is 5.92 Å². The van der Waals surface area contributed by atoms with E-state index in [1.807, 2.05) is 51.7 Å². The summed E-state index contributed by atoms with van der Waals surface area (Å²) in [7, 11) is 0. The Balaban J connectivity index is 1.86. The van der Waals surface area contributed by atoms with Gasteiger partial charge in [0.25, 0.3) is 5.56 Å². The summed E-state index contributed by atoms with van der Waals surface area (Å²) in [5, 5.41) is 2.61. The molecule has 12 heteroatoms. The molecular formula is C39H48F5N3O4. The van der Waals surface area contributed by atoms with Gasteiger partial charge in [0.15, 0.2) is 0 Å². The molecule has 278 valence electrons. The van der Waals surface area contributed by atoms with Crippen LogP contribution in [0.2, 0.25) is 0 Å². The highest BCUT2D eigenvalue weighted by Crippen LogP contribution is 2.40. The first kappa shape index (κ1) is 39.7. The molecule has 0 radical (unpaired) electrons. The Labute approximate surface area is 296 Å². The Kier molecular flexibility index (Phi) is 12.2. The second kappa shape index (κ2) is 15.7. The zero-order chi connectivity index (χ0) is 38.1. The van der Waals surface area contributed by atoms with Crippen LogP contribution in [0.3, 0.4) is 0 Å². The Hall–Kier alpha value is -4.06. The van der Waals surface area contributed by atoms with Gasteiger partial charge in [-0.05, 0) is 94.7 Å². The summed E-state index contributed by atoms with van der Waals surface area (Å²) in [6.45, 7) is 16.6. The van der Waals surface area contributed by atoms with Crippen LogP contribution in [0.1, 0.15) is 104 Å². The molecule has 0 spiro atoms. The molecular weight excluding hydrogens is 669 g/mol. The number of hydrogen-bond donors (Lipinski definition) is 1. The number of likely N-dealkylation sites (tertiary alicyclic amines) is 1. The van der Waals surface area contributed by atoms with Crippen LogP contribution in [-0.4, -0.2) is 47.1 Å². The molecule has 1 saturated heterocycles. The Morgan fingerprint density at radius 2 is 1.55 bits per heavy atom. The SMILES string of the molecule is CCOC(=O)C[C@H](NC(=O)[C@H](CC(C)C)n1cc(C2CN(C(C)C)C2)c(C(F)(F)F)cc1=O)c1c(F)c(C)cc(-c2c(C)cc(C)cc2C)c1F. The Morgan fingerprint density at radius 1 is 0.941 bits per heavy atom. The monoisotopic (exact) mass is 717 g/mol. The minimum absolute atomic E-state index is 0.0112. The van der Waals surface area contributed by atoms with E-state index >= 15 is 8.78 Å². The molecule has 0 unspecified atom stereocenters. The van der Waals surface area contributed by atoms with Gasteiger partial charge in [0.2, 0.25) is 5.91 Å². The maximum atomic E-state index is 16.7. The van der Waals surface area contributed by atoms with E-state index in [-0.39, 0.29) is 41.7 Å². The van der Waals surface area contributed by atoms with E-state index in [0.717, 1.165) is 27.5 Å². The van der Waals surface area contributed by atoms with Crippen LogP contribution in [0, 0.1) is 45.2 Å². The highest BCUT2D eigenvalue weighted by Gasteiger charge is 2.41. The lowest BCUT2D eigenvalue weighted by Crippen LogP contribution is -2.49. The number of nitrogens with one attached hydrogen (secondary N) is 1. The van der Waals surface area contributed by atoms with Gasteiger partial charge in [0.05, 0.1) is 24.6 Å². The van der Waals surface area contributed by atoms with Crippen molar-refractivity contribution in [3.63, 3.8) is 0 Å². The molecule has 1 aromatic heterocycles. The number of carbonyl (C=O) groups excluding carboxylic acids is 2. The highest BCUT2D eigenvalue weighted by atomic mass is 19.4. The van der Waals surface area contributed by atoms with Crippen molar-refractivity contribution in [1.82, 2.24) is 14.8 Å². The van der Waals surface area contributed by atoms with Crippen LogP contribution in [0.15, 0.2) is 35.3 Å². The third-order valence-corrected chi connectivity index (χ3v) is 9.53. The number of pyridine rings is 1. The van der Waals surface area contributed by atoms with Crippen molar-refractivity contribution in [2.75, 3.05) is 19.7 Å². The van der Waals surface area contributed by atoms with E-state index in [1.54, 1.807) is 20.8 Å². The molecule has 1 amide bonds. The molecule has 1 fully saturated rings. The van der Waals surface area contributed by atoms with Crippen molar-refractivity contribution >= 4 is 11.9 Å². The lowest BCUT2D eigenvalue weighted by Gasteiger charge is -2.43. The van der Waals surface area contributed by atoms with E-state index in [9.17, 15) is 27.6 Å². The number of ether oxygens (including phenoxy) is 1. The first-order chi connectivity index (χ1) is 23.7. The van der Waals surface area contributed by atoms with Gasteiger partial charge in [-0.2, -0.15) is 13.2 Å². The van der Waals surface area contributed by atoms with E-state index in [1.165, 1.54) is 13.0 Å². The number of aromatic nitrogens is 1. The number of aryl methyl sites for hydroxylation is 4. The standard InChI is InChI=1S/C39H48F5N3O4/c1-10-51-33(49)16-30(35-36(40)25(9)14-27(37(35)41)34-23(7)12-22(6)13-24(34)8)45-38(50)31(11-20(2)3)47-19-28(26-17-46(18-26)21(4)5)29(15-32(47)48)39(42,43)44/h12-15,19-21,26,30-31H,10-11,16-18H2,1-9H3,(H,45,50)/t30-,31-/m0/s1. The summed E-state index contributed by atoms with van der Waals surface area (Å²) in [4.78, 5) is 42.5. The van der Waals surface area contributed by atoms with E-state index in [4.69, 9.17) is 4.74 Å². The zero-order valence-corrected chi connectivity index (χ0v) is 30.7. The number of nitrogens with zero attached hydrogens (tertiary/aromatic N) is 2. The largest absolute Gasteiger partial charge is 0.466 e. The Morgan fingerprint density at radius 3 is 2.08 bits per heavy atom. The molecule has 7 nitrogen and oxygen atoms in total. The molecule has 4 rings (SSSR count). The maximum Gasteiger partial charge on any atom is 0.416 e. The molecule has 51 heavy (non-hydrogen) atoms. The molecule has 1 aliphatic rings. The van der Waals surface area contributed by atoms with E-state index in [0.29, 0.717) is 24.7 Å². The fourth-order valence-corrected chi connectivity index (χ4v) is 7.07. The summed E-state index contributed by atoms with van der Waals surface area (Å²) < 4.78 is 81.6. The zero-order valence-electron chi connectivity index (χ0n) is 30.7. The molecule has 3 aromatic rings. The molecule has 0 bridgehead atoms. The maximum absolute atomic E-state index is 16.7. The van der Waals surface area contributed by atoms with Crippen LogP contribution < -0.4 is 10.9 Å². The lowest BCUT2D eigenvalue weighted by molar-refractivity contribution is -0.144. The second-order valence-corrected chi connectivity index (χ2v) is 14.4. The van der Waals surface area contributed by atoms with Gasteiger partial charge >= 0.3 is 12.1 Å². The molecule has 0 saturated carbocycles. The number of rotatable bonds is 12. The summed E-state index contributed by atoms with van der Waals surface area (Å²) in [6, 6.07) is 2.81. The van der Waals surface area contributed by atoms with Crippen molar-refractivity contribution in [1.29, 1.82) is 0 Å². The number of esters is 1. The second-order valence-electron chi connectivity index (χ2n) is 14.4. The topological polar surface area (TPSA) is 80.6 Å². The normalized spacial score (nSPS) is 15.2. The van der Waals surface area contributed by atoms with Crippen LogP contribution in [0.25, 0.3) is 11.1 Å². The van der Waals surface area contributed by atoms with Gasteiger partial charge in [-0.3, -0.25) is 19.3 Å². The van der Waals surface area contributed by atoms with Crippen LogP contribution in [-0.2, 0) is 20.5 Å². The number of halogens is 5. The molecule has 1 N–H and O–H groups in total. The minimum Gasteiger partial charge on any atom is -0.466 e. The smallest absolute Gasteiger partial charge is 0.416 e. The lowest BCUT2D eigenvalue weighted by atomic mass is 9.87. The van der Waals surface area contributed by atoms with Gasteiger partial charge < -0.3 is 14.6 Å². The molecule has 2 atom stereocenters. The quantitative estimate of drug-likeness (QED) is 0.151. The first-order valence-electron chi connectivity index (χ1n) is 17.3. The first-order valence-corrected chi connectivity index (χ1v) is 17.3. The van der Waals surface area contributed by atoms with Crippen molar-refractivity contribution < 1.29 is 36.3 Å². The fraction of sp³-hybridized carbons (Fsp3) is 0.513. The van der Waals surface area contributed by atoms with Crippen LogP contribution in [0.4, 0.5) is 22.0 Å². The third kappa shape index (κ3) is 8.71. The number of hydrogen-bond acceptors (Lipinski definition) is 5. The third-order valence-electron chi connectivity index (χ3n) is 9.53. The highest BCUT2D eigenvalue weighted by molar-refractivity contribution is 5.82. The van der Waals surface area contributed by atoms with Crippen molar-refractivity contribution in [3.05, 3.63) is 91.4 Å². The summed E-state index contributed by atoms with van der Waals surface area (Å²) >= 11 is 0. The van der Waals surface area contributed by atoms with Gasteiger partial charge in [-0.15, -0.1) is 0 Å². The average molecular weight is 718 g/mol. The summed E-state index contributed by atoms with van der Waals surface area (Å²) in [5.41, 5.74) is 0.366. The van der Waals surface area contributed by atoms with Gasteiger partial charge in [-0.1, -0.05) is 31.5 Å². The molecule has 2 aromatic carbocycles. The van der Waals surface area contributed by atoms with E-state index in [2.05, 4.69) is 5.32 Å². The number of carbonyl (C=O) groups is 2. The summed E-state index contributed by atoms with van der Waals surface area (Å²) in [6.07, 6.45) is -4.33. The van der Waals surface area contributed by atoms with E-state index < -0.39 is 70.8 Å². The fourth-order valence-electron chi connectivity index (χ4n) is 7.07. The number of amides is 1. The summed E-state index contributed by atoms with van der Waals surface area (Å²) in [5.74, 6) is -4.42. The predicted octanol–water partition coefficient (Wildman–Crippen LogP) is 8.25. The van der Waals surface area contributed by atoms with Crippen LogP contribution in [0.5, 0.6) is 0 Å². The minimum atomic E-state index is -4.81. The number of benzene rings is 2. The van der Waals surface area contributed by atoms with Gasteiger partial charge in [-0.25, -0.2) is 8.78 Å². The van der Waals surface area contributed by atoms with Gasteiger partial charge in [0, 0.05) is 48.4 Å². The Bertz CT molecular complexity index is 1820. The average Bonchev–Trinajstić information content (AvgIpc) is 2.97. The van der Waals surface area contributed by atoms with Crippen molar-refractivity contribution in [2.45, 2.75) is 105 Å². The number of alkyl halides is 3. The predicted molar refractivity (Wildman–Crippen MR) is 187 cm³/mol. The van der Waals surface area contributed by atoms with Crippen molar-refractivity contribution in [3.8, 4) is 11.1 Å². The van der Waals surface area contributed by atoms with Gasteiger partial charge in [0.1, 0.15) is 17.7 Å². The molecule has 1 aliphatic heterocycles. The molecule has 0 aliphatic carbocycles.